The summed E-state index contributed by atoms with van der Waals surface area (Å²) in [5.41, 5.74) is 0. The molecule has 3 heteroatoms. The first-order valence-electron chi connectivity index (χ1n) is 7.65. The Kier molecular flexibility index (Phi) is 17.0. The molecule has 0 fully saturated rings. The zero-order valence-electron chi connectivity index (χ0n) is 12.7. The molecular weight excluding hydrogens is 357 g/mol. The van der Waals surface area contributed by atoms with E-state index in [0.717, 1.165) is 10.5 Å². The van der Waals surface area contributed by atoms with Crippen molar-refractivity contribution in [2.75, 3.05) is 25.6 Å². The van der Waals surface area contributed by atoms with E-state index in [1.54, 1.807) is 0 Å². The fourth-order valence-corrected chi connectivity index (χ4v) is 2.76. The summed E-state index contributed by atoms with van der Waals surface area (Å²) in [7, 11) is 0. The van der Waals surface area contributed by atoms with Crippen LogP contribution in [0, 0.1) is 0 Å². The fourth-order valence-electron chi connectivity index (χ4n) is 2.40. The number of hydrogen-bond acceptors (Lipinski definition) is 0. The molecule has 0 rings (SSSR count). The second-order valence-corrected chi connectivity index (χ2v) is 5.64. The Morgan fingerprint density at radius 2 is 1.06 bits per heavy atom. The van der Waals surface area contributed by atoms with Gasteiger partial charge in [-0.2, -0.15) is 0 Å². The summed E-state index contributed by atoms with van der Waals surface area (Å²) >= 11 is 6.29. The standard InChI is InChI=1S/C15H33ClN.HI/c1-4-7-10-13-17(15-16,12-9-6-3)14-11-8-5-2;/h4-15H2,1-3H3;1H/q+1;/p-1. The molecule has 0 aliphatic heterocycles. The van der Waals surface area contributed by atoms with Gasteiger partial charge in [-0.1, -0.05) is 51.6 Å². The third-order valence-electron chi connectivity index (χ3n) is 3.71. The molecule has 18 heavy (non-hydrogen) atoms. The minimum atomic E-state index is 0. The Morgan fingerprint density at radius 1 is 0.667 bits per heavy atom. The highest BCUT2D eigenvalue weighted by Gasteiger charge is 2.24. The van der Waals surface area contributed by atoms with Gasteiger partial charge < -0.3 is 28.5 Å². The van der Waals surface area contributed by atoms with Gasteiger partial charge in [0.15, 0.2) is 6.00 Å². The maximum atomic E-state index is 6.29. The van der Waals surface area contributed by atoms with E-state index in [2.05, 4.69) is 20.8 Å². The molecule has 0 aliphatic carbocycles. The van der Waals surface area contributed by atoms with Crippen molar-refractivity contribution in [3.63, 3.8) is 0 Å². The molecule has 0 aliphatic rings. The number of rotatable bonds is 12. The summed E-state index contributed by atoms with van der Waals surface area (Å²) in [6, 6.07) is 0.813. The molecule has 0 aromatic carbocycles. The van der Waals surface area contributed by atoms with Crippen LogP contribution in [0.25, 0.3) is 0 Å². The summed E-state index contributed by atoms with van der Waals surface area (Å²) in [5.74, 6) is 0. The predicted octanol–water partition coefficient (Wildman–Crippen LogP) is 2.18. The van der Waals surface area contributed by atoms with Crippen molar-refractivity contribution in [2.24, 2.45) is 0 Å². The first-order valence-corrected chi connectivity index (χ1v) is 8.19. The minimum absolute atomic E-state index is 0. The molecule has 0 saturated heterocycles. The molecule has 0 atom stereocenters. The summed E-state index contributed by atoms with van der Waals surface area (Å²) in [5, 5.41) is 0. The summed E-state index contributed by atoms with van der Waals surface area (Å²) < 4.78 is 1.16. The zero-order valence-corrected chi connectivity index (χ0v) is 15.6. The molecule has 0 heterocycles. The number of quaternary nitrogens is 1. The van der Waals surface area contributed by atoms with Crippen molar-refractivity contribution in [3.8, 4) is 0 Å². The number of halogens is 2. The summed E-state index contributed by atoms with van der Waals surface area (Å²) in [6.45, 7) is 10.7. The molecule has 0 spiro atoms. The first kappa shape index (κ1) is 21.3. The van der Waals surface area contributed by atoms with Gasteiger partial charge in [-0.15, -0.1) is 0 Å². The van der Waals surface area contributed by atoms with Crippen LogP contribution in [-0.4, -0.2) is 30.1 Å². The van der Waals surface area contributed by atoms with E-state index >= 15 is 0 Å². The number of unbranched alkanes of at least 4 members (excludes halogenated alkanes) is 5. The van der Waals surface area contributed by atoms with E-state index in [9.17, 15) is 0 Å². The summed E-state index contributed by atoms with van der Waals surface area (Å²) in [4.78, 5) is 0. The second kappa shape index (κ2) is 14.4. The molecular formula is C15H33ClIN. The maximum absolute atomic E-state index is 6.29. The van der Waals surface area contributed by atoms with E-state index in [0.29, 0.717) is 0 Å². The Labute approximate surface area is 137 Å². The zero-order chi connectivity index (χ0) is 13.0. The van der Waals surface area contributed by atoms with Gasteiger partial charge in [0.1, 0.15) is 0 Å². The maximum Gasteiger partial charge on any atom is 0.154 e. The lowest BCUT2D eigenvalue weighted by molar-refractivity contribution is -0.918. The molecule has 0 amide bonds. The fraction of sp³-hybridized carbons (Fsp3) is 1.00. The minimum Gasteiger partial charge on any atom is -1.00 e. The Bertz CT molecular complexity index is 155. The van der Waals surface area contributed by atoms with Crippen molar-refractivity contribution in [1.82, 2.24) is 0 Å². The van der Waals surface area contributed by atoms with Gasteiger partial charge in [0, 0.05) is 0 Å². The van der Waals surface area contributed by atoms with E-state index in [4.69, 9.17) is 11.6 Å². The third-order valence-corrected chi connectivity index (χ3v) is 4.22. The van der Waals surface area contributed by atoms with Crippen molar-refractivity contribution >= 4 is 11.6 Å². The average Bonchev–Trinajstić information content (AvgIpc) is 2.36. The van der Waals surface area contributed by atoms with Crippen LogP contribution < -0.4 is 24.0 Å². The number of nitrogens with zero attached hydrogens (tertiary/aromatic N) is 1. The molecule has 0 bridgehead atoms. The predicted molar refractivity (Wildman–Crippen MR) is 79.5 cm³/mol. The molecule has 112 valence electrons. The van der Waals surface area contributed by atoms with Crippen LogP contribution in [0.3, 0.4) is 0 Å². The van der Waals surface area contributed by atoms with Crippen LogP contribution in [0.5, 0.6) is 0 Å². The lowest BCUT2D eigenvalue weighted by Gasteiger charge is -2.37. The van der Waals surface area contributed by atoms with Crippen LogP contribution in [0.1, 0.15) is 72.1 Å². The van der Waals surface area contributed by atoms with Crippen molar-refractivity contribution in [2.45, 2.75) is 72.1 Å². The average molecular weight is 390 g/mol. The highest BCUT2D eigenvalue weighted by Crippen LogP contribution is 2.16. The van der Waals surface area contributed by atoms with E-state index in [1.165, 1.54) is 71.0 Å². The van der Waals surface area contributed by atoms with Crippen LogP contribution >= 0.6 is 11.6 Å². The smallest absolute Gasteiger partial charge is 0.154 e. The van der Waals surface area contributed by atoms with E-state index in [1.807, 2.05) is 0 Å². The van der Waals surface area contributed by atoms with Crippen LogP contribution in [0.2, 0.25) is 0 Å². The number of hydrogen-bond donors (Lipinski definition) is 0. The normalized spacial score (nSPS) is 11.3. The largest absolute Gasteiger partial charge is 1.00 e. The lowest BCUT2D eigenvalue weighted by atomic mass is 10.1. The topological polar surface area (TPSA) is 0 Å². The van der Waals surface area contributed by atoms with Crippen molar-refractivity contribution < 1.29 is 28.5 Å². The monoisotopic (exact) mass is 389 g/mol. The van der Waals surface area contributed by atoms with Gasteiger partial charge in [-0.05, 0) is 32.1 Å². The highest BCUT2D eigenvalue weighted by atomic mass is 127. The molecule has 0 saturated carbocycles. The van der Waals surface area contributed by atoms with Gasteiger partial charge in [0.25, 0.3) is 0 Å². The Balaban J connectivity index is 0. The molecule has 0 unspecified atom stereocenters. The van der Waals surface area contributed by atoms with Crippen molar-refractivity contribution in [3.05, 3.63) is 0 Å². The lowest BCUT2D eigenvalue weighted by Crippen LogP contribution is -3.00. The van der Waals surface area contributed by atoms with Gasteiger partial charge in [0.05, 0.1) is 19.6 Å². The molecule has 0 radical (unpaired) electrons. The summed E-state index contributed by atoms with van der Waals surface area (Å²) in [6.07, 6.45) is 10.6. The van der Waals surface area contributed by atoms with Gasteiger partial charge in [0.2, 0.25) is 0 Å². The van der Waals surface area contributed by atoms with E-state index in [-0.39, 0.29) is 24.0 Å². The quantitative estimate of drug-likeness (QED) is 0.158. The molecule has 0 aromatic heterocycles. The molecule has 0 aromatic rings. The number of alkyl halides is 1. The van der Waals surface area contributed by atoms with Crippen LogP contribution in [0.15, 0.2) is 0 Å². The molecule has 0 N–H and O–H groups in total. The Hall–Kier alpha value is 0.980. The van der Waals surface area contributed by atoms with Crippen LogP contribution in [0.4, 0.5) is 0 Å². The van der Waals surface area contributed by atoms with Gasteiger partial charge in [-0.25, -0.2) is 0 Å². The Morgan fingerprint density at radius 3 is 1.39 bits per heavy atom. The van der Waals surface area contributed by atoms with Gasteiger partial charge in [-0.3, -0.25) is 0 Å². The second-order valence-electron chi connectivity index (χ2n) is 5.40. The van der Waals surface area contributed by atoms with Gasteiger partial charge >= 0.3 is 0 Å². The molecule has 1 nitrogen and oxygen atoms in total. The first-order chi connectivity index (χ1) is 8.24. The van der Waals surface area contributed by atoms with Crippen molar-refractivity contribution in [1.29, 1.82) is 0 Å². The van der Waals surface area contributed by atoms with E-state index < -0.39 is 0 Å². The SMILES string of the molecule is CCCCC[N+](CCl)(CCCC)CCCCC.[I-]. The van der Waals surface area contributed by atoms with Crippen LogP contribution in [-0.2, 0) is 0 Å². The third kappa shape index (κ3) is 9.85. The highest BCUT2D eigenvalue weighted by molar-refractivity contribution is 6.16.